The van der Waals surface area contributed by atoms with Crippen molar-refractivity contribution in [3.05, 3.63) is 39.9 Å². The van der Waals surface area contributed by atoms with E-state index in [-0.39, 0.29) is 22.9 Å². The number of aromatic amines is 1. The average molecular weight is 280 g/mol. The van der Waals surface area contributed by atoms with Crippen molar-refractivity contribution in [2.75, 3.05) is 5.75 Å². The third kappa shape index (κ3) is 3.01. The summed E-state index contributed by atoms with van der Waals surface area (Å²) in [7, 11) is -3.20. The molecule has 102 valence electrons. The van der Waals surface area contributed by atoms with Crippen molar-refractivity contribution in [2.45, 2.75) is 26.0 Å². The molecule has 0 amide bonds. The van der Waals surface area contributed by atoms with Crippen LogP contribution in [0.1, 0.15) is 25.2 Å². The summed E-state index contributed by atoms with van der Waals surface area (Å²) in [4.78, 5) is 18.7. The molecule has 6 heteroatoms. The lowest BCUT2D eigenvalue weighted by atomic mass is 10.1. The topological polar surface area (TPSA) is 79.9 Å². The Labute approximate surface area is 111 Å². The molecule has 0 atom stereocenters. The van der Waals surface area contributed by atoms with Crippen LogP contribution in [0.2, 0.25) is 0 Å². The molecule has 0 saturated carbocycles. The SMILES string of the molecule is CCc1ccc2nc(CS(=O)(=O)CC)[nH]c(=O)c2c1. The van der Waals surface area contributed by atoms with E-state index in [2.05, 4.69) is 9.97 Å². The Morgan fingerprint density at radius 2 is 2.00 bits per heavy atom. The molecule has 0 bridgehead atoms. The van der Waals surface area contributed by atoms with Crippen molar-refractivity contribution in [2.24, 2.45) is 0 Å². The zero-order valence-corrected chi connectivity index (χ0v) is 11.8. The Morgan fingerprint density at radius 3 is 2.63 bits per heavy atom. The number of sulfone groups is 1. The van der Waals surface area contributed by atoms with Crippen LogP contribution in [0.4, 0.5) is 0 Å². The minimum atomic E-state index is -3.20. The molecule has 0 aliphatic carbocycles. The van der Waals surface area contributed by atoms with E-state index in [0.29, 0.717) is 10.9 Å². The lowest BCUT2D eigenvalue weighted by Crippen LogP contribution is -2.16. The van der Waals surface area contributed by atoms with E-state index < -0.39 is 9.84 Å². The van der Waals surface area contributed by atoms with Crippen LogP contribution in [0.25, 0.3) is 10.9 Å². The van der Waals surface area contributed by atoms with Gasteiger partial charge in [-0.2, -0.15) is 0 Å². The summed E-state index contributed by atoms with van der Waals surface area (Å²) < 4.78 is 23.1. The smallest absolute Gasteiger partial charge is 0.258 e. The van der Waals surface area contributed by atoms with E-state index in [0.717, 1.165) is 12.0 Å². The van der Waals surface area contributed by atoms with Gasteiger partial charge in [-0.3, -0.25) is 4.79 Å². The second-order valence-electron chi connectivity index (χ2n) is 4.39. The molecule has 0 aliphatic rings. The monoisotopic (exact) mass is 280 g/mol. The van der Waals surface area contributed by atoms with Crippen molar-refractivity contribution in [1.29, 1.82) is 0 Å². The van der Waals surface area contributed by atoms with Gasteiger partial charge in [0.05, 0.1) is 10.9 Å². The lowest BCUT2D eigenvalue weighted by Gasteiger charge is -2.04. The number of aromatic nitrogens is 2. The normalized spacial score (nSPS) is 11.9. The van der Waals surface area contributed by atoms with Crippen LogP contribution in [-0.4, -0.2) is 24.1 Å². The Bertz CT molecular complexity index is 763. The van der Waals surface area contributed by atoms with E-state index in [1.807, 2.05) is 13.0 Å². The van der Waals surface area contributed by atoms with Gasteiger partial charge in [0.2, 0.25) is 0 Å². The van der Waals surface area contributed by atoms with Crippen LogP contribution in [0.3, 0.4) is 0 Å². The average Bonchev–Trinajstić information content (AvgIpc) is 2.38. The summed E-state index contributed by atoms with van der Waals surface area (Å²) in [6.45, 7) is 3.58. The van der Waals surface area contributed by atoms with E-state index >= 15 is 0 Å². The number of nitrogens with zero attached hydrogens (tertiary/aromatic N) is 1. The molecule has 0 radical (unpaired) electrons. The third-order valence-electron chi connectivity index (χ3n) is 3.02. The Balaban J connectivity index is 2.54. The molecule has 0 saturated heterocycles. The molecule has 2 rings (SSSR count). The summed E-state index contributed by atoms with van der Waals surface area (Å²) in [5.41, 5.74) is 1.29. The summed E-state index contributed by atoms with van der Waals surface area (Å²) in [5, 5.41) is 0.497. The van der Waals surface area contributed by atoms with Gasteiger partial charge in [0, 0.05) is 5.75 Å². The van der Waals surface area contributed by atoms with Crippen LogP contribution >= 0.6 is 0 Å². The van der Waals surface area contributed by atoms with Gasteiger partial charge in [0.15, 0.2) is 9.84 Å². The Hall–Kier alpha value is -1.69. The lowest BCUT2D eigenvalue weighted by molar-refractivity contribution is 0.595. The fourth-order valence-corrected chi connectivity index (χ4v) is 2.59. The van der Waals surface area contributed by atoms with Gasteiger partial charge in [-0.15, -0.1) is 0 Å². The van der Waals surface area contributed by atoms with Crippen LogP contribution in [0, 0.1) is 0 Å². The maximum atomic E-state index is 12.0. The maximum absolute atomic E-state index is 12.0. The minimum Gasteiger partial charge on any atom is -0.309 e. The van der Waals surface area contributed by atoms with E-state index in [1.165, 1.54) is 0 Å². The van der Waals surface area contributed by atoms with Gasteiger partial charge >= 0.3 is 0 Å². The number of fused-ring (bicyclic) bond motifs is 1. The quantitative estimate of drug-likeness (QED) is 0.918. The highest BCUT2D eigenvalue weighted by atomic mass is 32.2. The van der Waals surface area contributed by atoms with Gasteiger partial charge < -0.3 is 4.98 Å². The van der Waals surface area contributed by atoms with Crippen molar-refractivity contribution in [3.63, 3.8) is 0 Å². The van der Waals surface area contributed by atoms with E-state index in [4.69, 9.17) is 0 Å². The molecule has 1 aromatic carbocycles. The highest BCUT2D eigenvalue weighted by Gasteiger charge is 2.12. The van der Waals surface area contributed by atoms with Crippen LogP contribution in [0.5, 0.6) is 0 Å². The van der Waals surface area contributed by atoms with Crippen molar-refractivity contribution >= 4 is 20.7 Å². The summed E-state index contributed by atoms with van der Waals surface area (Å²) >= 11 is 0. The molecule has 0 fully saturated rings. The molecule has 19 heavy (non-hydrogen) atoms. The van der Waals surface area contributed by atoms with E-state index in [1.54, 1.807) is 19.1 Å². The number of nitrogens with one attached hydrogen (secondary N) is 1. The highest BCUT2D eigenvalue weighted by Crippen LogP contribution is 2.11. The summed E-state index contributed by atoms with van der Waals surface area (Å²) in [5.74, 6) is -0.00289. The molecular weight excluding hydrogens is 264 g/mol. The van der Waals surface area contributed by atoms with E-state index in [9.17, 15) is 13.2 Å². The van der Waals surface area contributed by atoms with Gasteiger partial charge in [-0.25, -0.2) is 13.4 Å². The third-order valence-corrected chi connectivity index (χ3v) is 4.62. The van der Waals surface area contributed by atoms with Gasteiger partial charge in [0.1, 0.15) is 11.6 Å². The summed E-state index contributed by atoms with van der Waals surface area (Å²) in [6.07, 6.45) is 0.835. The first-order chi connectivity index (χ1) is 8.95. The first-order valence-electron chi connectivity index (χ1n) is 6.17. The zero-order valence-electron chi connectivity index (χ0n) is 10.9. The molecule has 1 heterocycles. The largest absolute Gasteiger partial charge is 0.309 e. The minimum absolute atomic E-state index is 0.0313. The molecule has 0 unspecified atom stereocenters. The standard InChI is InChI=1S/C13H16N2O3S/c1-3-9-5-6-11-10(7-9)13(16)15-12(14-11)8-19(17,18)4-2/h5-7H,3-4,8H2,1-2H3,(H,14,15,16). The predicted molar refractivity (Wildman–Crippen MR) is 74.9 cm³/mol. The van der Waals surface area contributed by atoms with Crippen LogP contribution in [0.15, 0.2) is 23.0 Å². The van der Waals surface area contributed by atoms with Gasteiger partial charge in [-0.05, 0) is 24.1 Å². The zero-order chi connectivity index (χ0) is 14.0. The summed E-state index contributed by atoms with van der Waals surface area (Å²) in [6, 6.07) is 5.44. The second-order valence-corrected chi connectivity index (χ2v) is 6.75. The fourth-order valence-electron chi connectivity index (χ4n) is 1.83. The number of hydrogen-bond acceptors (Lipinski definition) is 4. The van der Waals surface area contributed by atoms with Crippen molar-refractivity contribution in [3.8, 4) is 0 Å². The maximum Gasteiger partial charge on any atom is 0.258 e. The van der Waals surface area contributed by atoms with Crippen LogP contribution in [-0.2, 0) is 22.0 Å². The molecule has 1 aromatic heterocycles. The molecule has 2 aromatic rings. The number of benzene rings is 1. The number of aryl methyl sites for hydroxylation is 1. The van der Waals surface area contributed by atoms with Crippen LogP contribution < -0.4 is 5.56 Å². The van der Waals surface area contributed by atoms with Gasteiger partial charge in [-0.1, -0.05) is 19.9 Å². The molecule has 0 aliphatic heterocycles. The fraction of sp³-hybridized carbons (Fsp3) is 0.385. The first-order valence-corrected chi connectivity index (χ1v) is 7.99. The van der Waals surface area contributed by atoms with Crippen molar-refractivity contribution in [1.82, 2.24) is 9.97 Å². The highest BCUT2D eigenvalue weighted by molar-refractivity contribution is 7.90. The predicted octanol–water partition coefficient (Wildman–Crippen LogP) is 1.42. The molecular formula is C13H16N2O3S. The Morgan fingerprint density at radius 1 is 1.26 bits per heavy atom. The molecule has 5 nitrogen and oxygen atoms in total. The van der Waals surface area contributed by atoms with Gasteiger partial charge in [0.25, 0.3) is 5.56 Å². The first kappa shape index (κ1) is 13.7. The second kappa shape index (κ2) is 5.13. The van der Waals surface area contributed by atoms with Crippen molar-refractivity contribution < 1.29 is 8.42 Å². The number of H-pyrrole nitrogens is 1. The Kier molecular flexibility index (Phi) is 3.71. The molecule has 1 N–H and O–H groups in total. The molecule has 0 spiro atoms. The number of rotatable bonds is 4. The number of hydrogen-bond donors (Lipinski definition) is 1.